The van der Waals surface area contributed by atoms with Crippen molar-refractivity contribution in [2.75, 3.05) is 11.6 Å². The third-order valence-electron chi connectivity index (χ3n) is 3.46. The van der Waals surface area contributed by atoms with E-state index in [1.807, 2.05) is 42.0 Å². The van der Waals surface area contributed by atoms with Crippen molar-refractivity contribution in [1.82, 2.24) is 4.98 Å². The second kappa shape index (κ2) is 8.23. The molecule has 0 aliphatic rings. The quantitative estimate of drug-likeness (QED) is 0.543. The van der Waals surface area contributed by atoms with Gasteiger partial charge in [-0.05, 0) is 42.2 Å². The summed E-state index contributed by atoms with van der Waals surface area (Å²) in [5.74, 6) is 0.748. The van der Waals surface area contributed by atoms with E-state index >= 15 is 0 Å². The summed E-state index contributed by atoms with van der Waals surface area (Å²) in [6.45, 7) is 0. The predicted octanol–water partition coefficient (Wildman–Crippen LogP) is 6.23. The number of amides is 1. The number of thiazole rings is 1. The van der Waals surface area contributed by atoms with Gasteiger partial charge < -0.3 is 0 Å². The first-order valence-corrected chi connectivity index (χ1v) is 10.4. The molecule has 0 radical (unpaired) electrons. The van der Waals surface area contributed by atoms with Crippen molar-refractivity contribution >= 4 is 57.3 Å². The lowest BCUT2D eigenvalue weighted by Crippen LogP contribution is -2.11. The van der Waals surface area contributed by atoms with E-state index in [1.54, 1.807) is 23.9 Å². The molecule has 128 valence electrons. The van der Waals surface area contributed by atoms with Gasteiger partial charge in [0.05, 0.1) is 10.7 Å². The maximum Gasteiger partial charge on any atom is 0.257 e. The van der Waals surface area contributed by atoms with E-state index in [0.29, 0.717) is 26.4 Å². The number of anilines is 1. The highest BCUT2D eigenvalue weighted by Crippen LogP contribution is 2.32. The minimum Gasteiger partial charge on any atom is -0.298 e. The third kappa shape index (κ3) is 4.55. The third-order valence-corrected chi connectivity index (χ3v) is 5.39. The van der Waals surface area contributed by atoms with E-state index in [2.05, 4.69) is 10.3 Å². The van der Waals surface area contributed by atoms with Crippen molar-refractivity contribution in [3.8, 4) is 11.3 Å². The maximum absolute atomic E-state index is 12.3. The molecule has 25 heavy (non-hydrogen) atoms. The van der Waals surface area contributed by atoms with Gasteiger partial charge in [-0.25, -0.2) is 4.98 Å². The Kier molecular flexibility index (Phi) is 6.02. The molecule has 0 spiro atoms. The van der Waals surface area contributed by atoms with Crippen LogP contribution in [0.25, 0.3) is 11.3 Å². The molecule has 0 atom stereocenters. The predicted molar refractivity (Wildman–Crippen MR) is 109 cm³/mol. The van der Waals surface area contributed by atoms with Gasteiger partial charge in [-0.15, -0.1) is 11.3 Å². The smallest absolute Gasteiger partial charge is 0.257 e. The monoisotopic (exact) mass is 408 g/mol. The lowest BCUT2D eigenvalue weighted by molar-refractivity contribution is 0.102. The number of hydrogen-bond donors (Lipinski definition) is 1. The first-order valence-electron chi connectivity index (χ1n) is 7.37. The summed E-state index contributed by atoms with van der Waals surface area (Å²) in [5.41, 5.74) is 3.28. The van der Waals surface area contributed by atoms with Crippen LogP contribution < -0.4 is 5.32 Å². The van der Waals surface area contributed by atoms with E-state index in [9.17, 15) is 4.79 Å². The molecular formula is C18H14Cl2N2OS2. The number of rotatable bonds is 5. The van der Waals surface area contributed by atoms with Crippen molar-refractivity contribution in [3.63, 3.8) is 0 Å². The summed E-state index contributed by atoms with van der Waals surface area (Å²) in [5, 5.41) is 6.30. The summed E-state index contributed by atoms with van der Waals surface area (Å²) in [6.07, 6.45) is 2.05. The molecule has 0 aliphatic heterocycles. The van der Waals surface area contributed by atoms with Gasteiger partial charge >= 0.3 is 0 Å². The Morgan fingerprint density at radius 3 is 2.64 bits per heavy atom. The van der Waals surface area contributed by atoms with Gasteiger partial charge in [-0.3, -0.25) is 10.1 Å². The number of aromatic nitrogens is 1. The largest absolute Gasteiger partial charge is 0.298 e. The van der Waals surface area contributed by atoms with Gasteiger partial charge in [-0.2, -0.15) is 11.8 Å². The van der Waals surface area contributed by atoms with Crippen LogP contribution >= 0.6 is 46.3 Å². The molecule has 0 aliphatic carbocycles. The molecule has 0 bridgehead atoms. The van der Waals surface area contributed by atoms with E-state index in [-0.39, 0.29) is 5.91 Å². The lowest BCUT2D eigenvalue weighted by atomic mass is 10.1. The number of nitrogens with one attached hydrogen (secondary N) is 1. The molecule has 1 heterocycles. The first kappa shape index (κ1) is 18.3. The molecule has 7 heteroatoms. The molecule has 1 amide bonds. The minimum absolute atomic E-state index is 0.182. The molecule has 3 aromatic rings. The van der Waals surface area contributed by atoms with Crippen LogP contribution in [-0.4, -0.2) is 17.1 Å². The molecule has 0 saturated heterocycles. The normalized spacial score (nSPS) is 10.7. The second-order valence-electron chi connectivity index (χ2n) is 5.25. The van der Waals surface area contributed by atoms with Crippen molar-refractivity contribution in [1.29, 1.82) is 0 Å². The lowest BCUT2D eigenvalue weighted by Gasteiger charge is -2.04. The molecule has 1 aromatic heterocycles. The average molecular weight is 409 g/mol. The van der Waals surface area contributed by atoms with Crippen molar-refractivity contribution in [2.45, 2.75) is 5.75 Å². The van der Waals surface area contributed by atoms with Gasteiger partial charge in [0.25, 0.3) is 5.91 Å². The van der Waals surface area contributed by atoms with Crippen LogP contribution in [0.1, 0.15) is 15.9 Å². The number of thioether (sulfide) groups is 1. The summed E-state index contributed by atoms with van der Waals surface area (Å²) < 4.78 is 0. The standard InChI is InChI=1S/C18H14Cl2N2OS2/c1-24-9-11-2-4-12(5-3-11)17(23)22-18-21-16(10-25-18)14-7-6-13(19)8-15(14)20/h2-8,10H,9H2,1H3,(H,21,22,23). The zero-order valence-electron chi connectivity index (χ0n) is 13.3. The molecular weight excluding hydrogens is 395 g/mol. The average Bonchev–Trinajstić information content (AvgIpc) is 3.04. The second-order valence-corrected chi connectivity index (χ2v) is 7.81. The Morgan fingerprint density at radius 1 is 1.20 bits per heavy atom. The molecule has 0 fully saturated rings. The zero-order valence-corrected chi connectivity index (χ0v) is 16.4. The fraction of sp³-hybridized carbons (Fsp3) is 0.111. The van der Waals surface area contributed by atoms with Gasteiger partial charge in [0, 0.05) is 27.3 Å². The zero-order chi connectivity index (χ0) is 17.8. The van der Waals surface area contributed by atoms with E-state index < -0.39 is 0 Å². The van der Waals surface area contributed by atoms with Crippen LogP contribution in [0.4, 0.5) is 5.13 Å². The highest BCUT2D eigenvalue weighted by atomic mass is 35.5. The van der Waals surface area contributed by atoms with E-state index in [1.165, 1.54) is 16.9 Å². The minimum atomic E-state index is -0.182. The molecule has 0 unspecified atom stereocenters. The number of hydrogen-bond acceptors (Lipinski definition) is 4. The molecule has 2 aromatic carbocycles. The van der Waals surface area contributed by atoms with Crippen molar-refractivity contribution < 1.29 is 4.79 Å². The Labute approximate surface area is 164 Å². The van der Waals surface area contributed by atoms with E-state index in [4.69, 9.17) is 23.2 Å². The summed E-state index contributed by atoms with van der Waals surface area (Å²) in [7, 11) is 0. The van der Waals surface area contributed by atoms with Crippen molar-refractivity contribution in [2.24, 2.45) is 0 Å². The summed E-state index contributed by atoms with van der Waals surface area (Å²) >= 11 is 15.2. The Bertz CT molecular complexity index is 894. The fourth-order valence-electron chi connectivity index (χ4n) is 2.24. The topological polar surface area (TPSA) is 42.0 Å². The Balaban J connectivity index is 1.73. The van der Waals surface area contributed by atoms with Gasteiger partial charge in [0.15, 0.2) is 5.13 Å². The van der Waals surface area contributed by atoms with Gasteiger partial charge in [-0.1, -0.05) is 35.3 Å². The summed E-state index contributed by atoms with van der Waals surface area (Å²) in [6, 6.07) is 12.8. The highest BCUT2D eigenvalue weighted by Gasteiger charge is 2.12. The number of carbonyl (C=O) groups excluding carboxylic acids is 1. The molecule has 3 nitrogen and oxygen atoms in total. The highest BCUT2D eigenvalue weighted by molar-refractivity contribution is 7.97. The number of carbonyl (C=O) groups is 1. The number of halogens is 2. The van der Waals surface area contributed by atoms with Crippen LogP contribution in [0, 0.1) is 0 Å². The van der Waals surface area contributed by atoms with E-state index in [0.717, 1.165) is 11.3 Å². The van der Waals surface area contributed by atoms with Gasteiger partial charge in [0.2, 0.25) is 0 Å². The first-order chi connectivity index (χ1) is 12.1. The number of nitrogens with zero attached hydrogens (tertiary/aromatic N) is 1. The Morgan fingerprint density at radius 2 is 1.96 bits per heavy atom. The number of benzene rings is 2. The fourth-order valence-corrected chi connectivity index (χ4v) is 3.98. The van der Waals surface area contributed by atoms with Crippen LogP contribution in [0.15, 0.2) is 47.8 Å². The molecule has 3 rings (SSSR count). The van der Waals surface area contributed by atoms with Crippen LogP contribution in [0.3, 0.4) is 0 Å². The Hall–Kier alpha value is -1.53. The maximum atomic E-state index is 12.3. The van der Waals surface area contributed by atoms with Crippen LogP contribution in [0.5, 0.6) is 0 Å². The van der Waals surface area contributed by atoms with Crippen LogP contribution in [-0.2, 0) is 5.75 Å². The summed E-state index contributed by atoms with van der Waals surface area (Å²) in [4.78, 5) is 16.8. The SMILES string of the molecule is CSCc1ccc(C(=O)Nc2nc(-c3ccc(Cl)cc3Cl)cs2)cc1. The molecule has 1 N–H and O–H groups in total. The molecule has 0 saturated carbocycles. The van der Waals surface area contributed by atoms with Crippen LogP contribution in [0.2, 0.25) is 10.0 Å². The van der Waals surface area contributed by atoms with Gasteiger partial charge in [0.1, 0.15) is 0 Å². The van der Waals surface area contributed by atoms with Crippen molar-refractivity contribution in [3.05, 3.63) is 69.0 Å².